The van der Waals surface area contributed by atoms with Crippen LogP contribution in [-0.4, -0.2) is 67.4 Å². The SMILES string of the molecule is BrC/C=C/CBr.C.C=CC1CC1(N=CB=O)C(=O)OCC.CCOC(=O)CN=Cc1ccccc1. The Morgan fingerprint density at radius 1 is 1.14 bits per heavy atom. The number of carbonyl (C=O) groups is 2. The zero-order valence-electron chi connectivity index (χ0n) is 19.6. The Labute approximate surface area is 226 Å². The molecule has 35 heavy (non-hydrogen) atoms. The molecule has 10 heteroatoms. The van der Waals surface area contributed by atoms with Crippen molar-refractivity contribution in [3.63, 3.8) is 0 Å². The van der Waals surface area contributed by atoms with E-state index in [-0.39, 0.29) is 31.8 Å². The topological polar surface area (TPSA) is 94.4 Å². The fourth-order valence-corrected chi connectivity index (χ4v) is 3.04. The van der Waals surface area contributed by atoms with E-state index in [1.807, 2.05) is 30.3 Å². The van der Waals surface area contributed by atoms with Gasteiger partial charge >= 0.3 is 88.5 Å². The molecule has 192 valence electrons. The van der Waals surface area contributed by atoms with E-state index < -0.39 is 5.54 Å². The molecule has 7 nitrogen and oxygen atoms in total. The summed E-state index contributed by atoms with van der Waals surface area (Å²) in [6.07, 6.45) is 9.11. The maximum Gasteiger partial charge on any atom is 0.327 e. The Morgan fingerprint density at radius 3 is 2.20 bits per heavy atom. The summed E-state index contributed by atoms with van der Waals surface area (Å²) in [5.74, 6) is -0.666. The normalized spacial score (nSPS) is 17.8. The van der Waals surface area contributed by atoms with Crippen LogP contribution in [0.15, 0.2) is 65.1 Å². The molecule has 1 fully saturated rings. The summed E-state index contributed by atoms with van der Waals surface area (Å²) < 4.78 is 19.7. The number of allylic oxidation sites excluding steroid dienone is 2. The van der Waals surface area contributed by atoms with Crippen molar-refractivity contribution in [2.45, 2.75) is 33.2 Å². The van der Waals surface area contributed by atoms with Crippen molar-refractivity contribution in [1.82, 2.24) is 0 Å². The van der Waals surface area contributed by atoms with E-state index in [4.69, 9.17) is 9.47 Å². The average Bonchev–Trinajstić information content (AvgIpc) is 3.58. The molecule has 1 saturated carbocycles. The van der Waals surface area contributed by atoms with Crippen molar-refractivity contribution in [2.24, 2.45) is 15.9 Å². The fourth-order valence-electron chi connectivity index (χ4n) is 2.51. The van der Waals surface area contributed by atoms with Gasteiger partial charge in [0.05, 0.1) is 6.61 Å². The molecule has 2 unspecified atom stereocenters. The number of hydrogen-bond acceptors (Lipinski definition) is 7. The predicted octanol–water partition coefficient (Wildman–Crippen LogP) is 5.21. The number of aliphatic imine (C=N–C) groups is 2. The van der Waals surface area contributed by atoms with E-state index in [1.54, 1.807) is 26.1 Å². The number of hydrogen-bond donors (Lipinski definition) is 0. The molecule has 0 N–H and O–H groups in total. The maximum atomic E-state index is 11.5. The van der Waals surface area contributed by atoms with Gasteiger partial charge in [0.1, 0.15) is 6.54 Å². The number of carbonyl (C=O) groups excluding carboxylic acids is 2. The number of alkyl halides is 2. The second kappa shape index (κ2) is 22.3. The Bertz CT molecular complexity index is 828. The number of ether oxygens (including phenoxy) is 2. The van der Waals surface area contributed by atoms with Crippen molar-refractivity contribution >= 4 is 63.3 Å². The van der Waals surface area contributed by atoms with Crippen LogP contribution in [0, 0.1) is 5.92 Å². The first-order valence-corrected chi connectivity index (χ1v) is 13.0. The molecule has 0 heterocycles. The summed E-state index contributed by atoms with van der Waals surface area (Å²) in [4.78, 5) is 30.3. The van der Waals surface area contributed by atoms with Crippen LogP contribution in [-0.2, 0) is 23.8 Å². The van der Waals surface area contributed by atoms with E-state index in [1.165, 1.54) is 0 Å². The molecule has 0 bridgehead atoms. The minimum Gasteiger partial charge on any atom is -0.465 e. The summed E-state index contributed by atoms with van der Waals surface area (Å²) in [6.45, 7) is 7.92. The molecular formula is C25H35BBr2N2O5. The smallest absolute Gasteiger partial charge is 0.327 e. The van der Waals surface area contributed by atoms with E-state index >= 15 is 0 Å². The monoisotopic (exact) mass is 612 g/mol. The summed E-state index contributed by atoms with van der Waals surface area (Å²) in [7, 11) is 0.555. The molecule has 1 aliphatic carbocycles. The average molecular weight is 614 g/mol. The Kier molecular flexibility index (Phi) is 22.3. The molecule has 1 aromatic carbocycles. The van der Waals surface area contributed by atoms with Crippen LogP contribution in [0.2, 0.25) is 0 Å². The second-order valence-corrected chi connectivity index (χ2v) is 7.87. The van der Waals surface area contributed by atoms with Gasteiger partial charge in [0.15, 0.2) is 0 Å². The molecule has 0 aromatic heterocycles. The maximum absolute atomic E-state index is 11.5. The fraction of sp³-hybridized carbons (Fsp3) is 0.440. The van der Waals surface area contributed by atoms with Gasteiger partial charge in [0.2, 0.25) is 0 Å². The number of nitrogens with zero attached hydrogens (tertiary/aromatic N) is 2. The molecule has 2 rings (SSSR count). The van der Waals surface area contributed by atoms with Gasteiger partial charge in [-0.05, 0) is 12.5 Å². The Balaban J connectivity index is 0. The third kappa shape index (κ3) is 15.4. The first-order valence-electron chi connectivity index (χ1n) is 10.7. The largest absolute Gasteiger partial charge is 0.465 e. The van der Waals surface area contributed by atoms with Crippen LogP contribution in [0.4, 0.5) is 0 Å². The van der Waals surface area contributed by atoms with Crippen molar-refractivity contribution in [2.75, 3.05) is 30.4 Å². The van der Waals surface area contributed by atoms with Gasteiger partial charge in [-0.3, -0.25) is 9.79 Å². The summed E-state index contributed by atoms with van der Waals surface area (Å²) in [5.41, 5.74) is 0.121. The van der Waals surface area contributed by atoms with Crippen LogP contribution in [0.1, 0.15) is 33.3 Å². The van der Waals surface area contributed by atoms with Gasteiger partial charge in [0.25, 0.3) is 0 Å². The number of esters is 2. The first-order chi connectivity index (χ1) is 16.4. The molecular weight excluding hydrogens is 579 g/mol. The van der Waals surface area contributed by atoms with Gasteiger partial charge in [-0.2, -0.15) is 0 Å². The van der Waals surface area contributed by atoms with Gasteiger partial charge in [0, 0.05) is 16.9 Å². The molecule has 2 atom stereocenters. The number of rotatable bonds is 11. The molecule has 1 aromatic rings. The zero-order chi connectivity index (χ0) is 25.7. The quantitative estimate of drug-likeness (QED) is 0.112. The van der Waals surface area contributed by atoms with Crippen molar-refractivity contribution in [3.05, 3.63) is 60.7 Å². The number of benzene rings is 1. The Morgan fingerprint density at radius 2 is 1.74 bits per heavy atom. The van der Waals surface area contributed by atoms with E-state index in [2.05, 4.69) is 60.6 Å². The number of halogens is 2. The van der Waals surface area contributed by atoms with Crippen molar-refractivity contribution in [1.29, 1.82) is 0 Å². The standard InChI is InChI=1S/C11H13NO2.C9H12BNO3.C4H6Br2.CH4/c1-2-14-11(13)9-12-8-10-6-4-3-5-7-10;1-3-7-5-9(7,11-6-10-13)8(12)14-4-2;5-3-1-2-4-6;/h3-8H,2,9H2,1H3;3,6-7H,1,4-5H2,2H3;1-2H,3-4H2;1H4/b;;2-1+;. The van der Waals surface area contributed by atoms with Gasteiger partial charge in [-0.25, -0.2) is 0 Å². The molecule has 0 amide bonds. The van der Waals surface area contributed by atoms with Crippen LogP contribution in [0.5, 0.6) is 0 Å². The summed E-state index contributed by atoms with van der Waals surface area (Å²) >= 11 is 6.49. The van der Waals surface area contributed by atoms with Crippen LogP contribution in [0.3, 0.4) is 0 Å². The van der Waals surface area contributed by atoms with Crippen LogP contribution < -0.4 is 0 Å². The van der Waals surface area contributed by atoms with Crippen molar-refractivity contribution < 1.29 is 23.8 Å². The molecule has 0 radical (unpaired) electrons. The third-order valence-corrected chi connectivity index (χ3v) is 4.92. The minimum atomic E-state index is -0.862. The summed E-state index contributed by atoms with van der Waals surface area (Å²) in [6, 6.07) is 9.63. The molecule has 0 saturated heterocycles. The van der Waals surface area contributed by atoms with Gasteiger partial charge < -0.3 is 4.74 Å². The van der Waals surface area contributed by atoms with E-state index in [0.29, 0.717) is 26.8 Å². The zero-order valence-corrected chi connectivity index (χ0v) is 22.7. The van der Waals surface area contributed by atoms with Gasteiger partial charge in [-0.1, -0.05) is 81.8 Å². The van der Waals surface area contributed by atoms with Gasteiger partial charge in [-0.15, -0.1) is 0 Å². The molecule has 1 aliphatic rings. The molecule has 0 spiro atoms. The second-order valence-electron chi connectivity index (χ2n) is 6.57. The van der Waals surface area contributed by atoms with E-state index in [0.717, 1.165) is 22.3 Å². The van der Waals surface area contributed by atoms with Crippen molar-refractivity contribution in [3.8, 4) is 0 Å². The summed E-state index contributed by atoms with van der Waals surface area (Å²) in [5, 5.41) is 1.91. The first kappa shape index (κ1) is 35.0. The van der Waals surface area contributed by atoms with E-state index in [9.17, 15) is 14.3 Å². The predicted molar refractivity (Wildman–Crippen MR) is 152 cm³/mol. The third-order valence-electron chi connectivity index (χ3n) is 4.17. The Hall–Kier alpha value is -2.20. The van der Waals surface area contributed by atoms with Crippen LogP contribution >= 0.6 is 31.9 Å². The minimum absolute atomic E-state index is 0. The molecule has 0 aliphatic heterocycles. The van der Waals surface area contributed by atoms with Crippen LogP contribution in [0.25, 0.3) is 0 Å².